The fourth-order valence-electron chi connectivity index (χ4n) is 3.68. The number of unbranched alkanes of at least 4 members (excludes halogenated alkanes) is 11. The van der Waals surface area contributed by atoms with Crippen molar-refractivity contribution in [2.24, 2.45) is 0 Å². The van der Waals surface area contributed by atoms with Crippen molar-refractivity contribution in [2.45, 2.75) is 117 Å². The van der Waals surface area contributed by atoms with E-state index < -0.39 is 0 Å². The lowest BCUT2D eigenvalue weighted by Gasteiger charge is -2.13. The second-order valence-corrected chi connectivity index (χ2v) is 8.62. The topological polar surface area (TPSA) is 29.1 Å². The van der Waals surface area contributed by atoms with Crippen molar-refractivity contribution in [2.75, 3.05) is 5.32 Å². The molecule has 1 amide bonds. The molecule has 0 spiro atoms. The zero-order valence-electron chi connectivity index (χ0n) is 19.3. The van der Waals surface area contributed by atoms with Gasteiger partial charge >= 0.3 is 0 Å². The van der Waals surface area contributed by atoms with E-state index in [1.54, 1.807) is 0 Å². The first kappa shape index (κ1) is 25.5. The van der Waals surface area contributed by atoms with Crippen LogP contribution in [0.15, 0.2) is 36.4 Å². The standard InChI is InChI=1S/C27H45NO/c1-4-5-6-7-8-9-10-11-12-13-14-15-16-17-18-23-27(29)28-26-22-20-19-21-25(26)24(2)3/h11-12,19-22,24H,4-10,13-18,23H2,1-3H3,(H,28,29)/b12-11+. The van der Waals surface area contributed by atoms with Crippen molar-refractivity contribution in [1.82, 2.24) is 0 Å². The van der Waals surface area contributed by atoms with Gasteiger partial charge in [0.05, 0.1) is 0 Å². The van der Waals surface area contributed by atoms with Crippen molar-refractivity contribution in [1.29, 1.82) is 0 Å². The van der Waals surface area contributed by atoms with Crippen LogP contribution in [0.25, 0.3) is 0 Å². The van der Waals surface area contributed by atoms with Crippen molar-refractivity contribution in [3.05, 3.63) is 42.0 Å². The van der Waals surface area contributed by atoms with Crippen LogP contribution in [0.2, 0.25) is 0 Å². The molecule has 0 atom stereocenters. The van der Waals surface area contributed by atoms with Gasteiger partial charge < -0.3 is 5.32 Å². The van der Waals surface area contributed by atoms with E-state index in [2.05, 4.69) is 44.3 Å². The average Bonchev–Trinajstić information content (AvgIpc) is 2.71. The number of allylic oxidation sites excluding steroid dienone is 2. The van der Waals surface area contributed by atoms with Crippen molar-refractivity contribution >= 4 is 11.6 Å². The van der Waals surface area contributed by atoms with Crippen molar-refractivity contribution < 1.29 is 4.79 Å². The lowest BCUT2D eigenvalue weighted by molar-refractivity contribution is -0.116. The molecule has 1 N–H and O–H groups in total. The van der Waals surface area contributed by atoms with Gasteiger partial charge in [-0.05, 0) is 49.7 Å². The highest BCUT2D eigenvalue weighted by atomic mass is 16.1. The molecule has 1 aromatic carbocycles. The largest absolute Gasteiger partial charge is 0.326 e. The van der Waals surface area contributed by atoms with Gasteiger partial charge in [0.2, 0.25) is 5.91 Å². The Balaban J connectivity index is 1.97. The van der Waals surface area contributed by atoms with Crippen LogP contribution < -0.4 is 5.32 Å². The minimum atomic E-state index is 0.149. The number of hydrogen-bond acceptors (Lipinski definition) is 1. The van der Waals surface area contributed by atoms with E-state index in [9.17, 15) is 4.79 Å². The minimum absolute atomic E-state index is 0.149. The first-order chi connectivity index (χ1) is 14.1. The number of benzene rings is 1. The van der Waals surface area contributed by atoms with Crippen LogP contribution in [-0.4, -0.2) is 5.91 Å². The predicted octanol–water partition coefficient (Wildman–Crippen LogP) is 8.79. The molecule has 2 nitrogen and oxygen atoms in total. The molecule has 164 valence electrons. The third-order valence-electron chi connectivity index (χ3n) is 5.52. The lowest BCUT2D eigenvalue weighted by atomic mass is 10.0. The second-order valence-electron chi connectivity index (χ2n) is 8.62. The SMILES string of the molecule is CCCCCCCC/C=C/CCCCCCCC(=O)Nc1ccccc1C(C)C. The lowest BCUT2D eigenvalue weighted by Crippen LogP contribution is -2.13. The summed E-state index contributed by atoms with van der Waals surface area (Å²) < 4.78 is 0. The summed E-state index contributed by atoms with van der Waals surface area (Å²) in [6.07, 6.45) is 22.1. The van der Waals surface area contributed by atoms with Crippen LogP contribution in [-0.2, 0) is 4.79 Å². The van der Waals surface area contributed by atoms with E-state index in [-0.39, 0.29) is 5.91 Å². The summed E-state index contributed by atoms with van der Waals surface area (Å²) in [5, 5.41) is 3.09. The van der Waals surface area contributed by atoms with Gasteiger partial charge in [-0.1, -0.05) is 102 Å². The van der Waals surface area contributed by atoms with Gasteiger partial charge in [-0.3, -0.25) is 4.79 Å². The van der Waals surface area contributed by atoms with E-state index in [1.165, 1.54) is 76.2 Å². The summed E-state index contributed by atoms with van der Waals surface area (Å²) >= 11 is 0. The number of anilines is 1. The molecule has 2 heteroatoms. The third-order valence-corrected chi connectivity index (χ3v) is 5.52. The molecule has 0 unspecified atom stereocenters. The zero-order chi connectivity index (χ0) is 21.2. The van der Waals surface area contributed by atoms with Crippen LogP contribution in [0.5, 0.6) is 0 Å². The Hall–Kier alpha value is -1.57. The Kier molecular flexibility index (Phi) is 15.2. The highest BCUT2D eigenvalue weighted by molar-refractivity contribution is 5.91. The first-order valence-electron chi connectivity index (χ1n) is 12.2. The number of para-hydroxylation sites is 1. The summed E-state index contributed by atoms with van der Waals surface area (Å²) in [5.74, 6) is 0.571. The van der Waals surface area contributed by atoms with Crippen LogP contribution in [0.3, 0.4) is 0 Å². The summed E-state index contributed by atoms with van der Waals surface area (Å²) in [4.78, 5) is 12.2. The number of amides is 1. The molecule has 29 heavy (non-hydrogen) atoms. The molecule has 0 aliphatic carbocycles. The fourth-order valence-corrected chi connectivity index (χ4v) is 3.68. The molecule has 0 aliphatic rings. The molecular weight excluding hydrogens is 354 g/mol. The molecule has 0 heterocycles. The smallest absolute Gasteiger partial charge is 0.224 e. The Bertz CT molecular complexity index is 561. The van der Waals surface area contributed by atoms with E-state index in [1.807, 2.05) is 18.2 Å². The van der Waals surface area contributed by atoms with Gasteiger partial charge in [-0.15, -0.1) is 0 Å². The van der Waals surface area contributed by atoms with E-state index in [0.29, 0.717) is 12.3 Å². The Labute approximate surface area is 180 Å². The monoisotopic (exact) mass is 399 g/mol. The molecule has 0 radical (unpaired) electrons. The maximum absolute atomic E-state index is 12.2. The maximum Gasteiger partial charge on any atom is 0.224 e. The van der Waals surface area contributed by atoms with Crippen LogP contribution >= 0.6 is 0 Å². The quantitative estimate of drug-likeness (QED) is 0.206. The highest BCUT2D eigenvalue weighted by Crippen LogP contribution is 2.24. The third kappa shape index (κ3) is 13.3. The van der Waals surface area contributed by atoms with E-state index in [4.69, 9.17) is 0 Å². The number of hydrogen-bond donors (Lipinski definition) is 1. The normalized spacial score (nSPS) is 11.4. The minimum Gasteiger partial charge on any atom is -0.326 e. The highest BCUT2D eigenvalue weighted by Gasteiger charge is 2.08. The zero-order valence-corrected chi connectivity index (χ0v) is 19.3. The number of carbonyl (C=O) groups is 1. The molecule has 0 saturated carbocycles. The molecule has 1 rings (SSSR count). The summed E-state index contributed by atoms with van der Waals surface area (Å²) in [6, 6.07) is 8.13. The van der Waals surface area contributed by atoms with E-state index >= 15 is 0 Å². The second kappa shape index (κ2) is 17.3. The molecule has 0 bridgehead atoms. The van der Waals surface area contributed by atoms with Crippen LogP contribution in [0.1, 0.15) is 122 Å². The Morgan fingerprint density at radius 1 is 0.828 bits per heavy atom. The predicted molar refractivity (Wildman–Crippen MR) is 129 cm³/mol. The van der Waals surface area contributed by atoms with Gasteiger partial charge in [0.15, 0.2) is 0 Å². The molecule has 0 fully saturated rings. The van der Waals surface area contributed by atoms with Crippen LogP contribution in [0, 0.1) is 0 Å². The fraction of sp³-hybridized carbons (Fsp3) is 0.667. The molecule has 1 aromatic rings. The summed E-state index contributed by atoms with van der Waals surface area (Å²) in [6.45, 7) is 6.59. The Morgan fingerprint density at radius 3 is 2.00 bits per heavy atom. The summed E-state index contributed by atoms with van der Waals surface area (Å²) in [5.41, 5.74) is 2.19. The molecular formula is C27H45NO. The number of carbonyl (C=O) groups excluding carboxylic acids is 1. The Morgan fingerprint density at radius 2 is 1.38 bits per heavy atom. The maximum atomic E-state index is 12.2. The summed E-state index contributed by atoms with van der Waals surface area (Å²) in [7, 11) is 0. The van der Waals surface area contributed by atoms with Gasteiger partial charge in [0.1, 0.15) is 0 Å². The van der Waals surface area contributed by atoms with Crippen LogP contribution in [0.4, 0.5) is 5.69 Å². The molecule has 0 aromatic heterocycles. The van der Waals surface area contributed by atoms with Gasteiger partial charge in [-0.2, -0.15) is 0 Å². The van der Waals surface area contributed by atoms with Gasteiger partial charge in [0, 0.05) is 12.1 Å². The number of nitrogens with one attached hydrogen (secondary N) is 1. The van der Waals surface area contributed by atoms with E-state index in [0.717, 1.165) is 18.5 Å². The van der Waals surface area contributed by atoms with Crippen molar-refractivity contribution in [3.63, 3.8) is 0 Å². The van der Waals surface area contributed by atoms with Crippen molar-refractivity contribution in [3.8, 4) is 0 Å². The first-order valence-corrected chi connectivity index (χ1v) is 12.2. The average molecular weight is 400 g/mol. The van der Waals surface area contributed by atoms with Gasteiger partial charge in [-0.25, -0.2) is 0 Å². The molecule has 0 aliphatic heterocycles. The number of rotatable bonds is 17. The molecule has 0 saturated heterocycles. The van der Waals surface area contributed by atoms with Gasteiger partial charge in [0.25, 0.3) is 0 Å².